The molecule has 120 valence electrons. The first-order chi connectivity index (χ1) is 10.4. The van der Waals surface area contributed by atoms with Gasteiger partial charge < -0.3 is 10.1 Å². The largest absolute Gasteiger partial charge is 0.416 e. The van der Waals surface area contributed by atoms with Gasteiger partial charge in [0.1, 0.15) is 0 Å². The van der Waals surface area contributed by atoms with E-state index in [9.17, 15) is 13.2 Å². The molecule has 0 aliphatic carbocycles. The van der Waals surface area contributed by atoms with E-state index in [2.05, 4.69) is 10.3 Å². The highest BCUT2D eigenvalue weighted by Gasteiger charge is 2.42. The number of benzene rings is 1. The van der Waals surface area contributed by atoms with Gasteiger partial charge in [-0.2, -0.15) is 13.2 Å². The van der Waals surface area contributed by atoms with Gasteiger partial charge in [0.25, 0.3) is 0 Å². The molecule has 3 rings (SSSR count). The van der Waals surface area contributed by atoms with Crippen molar-refractivity contribution in [2.75, 3.05) is 20.3 Å². The van der Waals surface area contributed by atoms with Gasteiger partial charge in [-0.15, -0.1) is 0 Å². The quantitative estimate of drug-likeness (QED) is 0.908. The summed E-state index contributed by atoms with van der Waals surface area (Å²) in [5, 5.41) is 3.27. The van der Waals surface area contributed by atoms with Gasteiger partial charge in [0.2, 0.25) is 0 Å². The number of alkyl halides is 3. The molecule has 1 fully saturated rings. The molecule has 1 N–H and O–H groups in total. The second-order valence-electron chi connectivity index (χ2n) is 5.99. The van der Waals surface area contributed by atoms with Crippen molar-refractivity contribution in [1.82, 2.24) is 5.32 Å². The lowest BCUT2D eigenvalue weighted by Gasteiger charge is -2.37. The van der Waals surface area contributed by atoms with Crippen molar-refractivity contribution in [1.29, 1.82) is 0 Å². The number of halogens is 3. The second-order valence-corrected chi connectivity index (χ2v) is 5.99. The Kier molecular flexibility index (Phi) is 3.77. The first-order valence-electron chi connectivity index (χ1n) is 7.41. The van der Waals surface area contributed by atoms with Crippen LogP contribution in [0.3, 0.4) is 0 Å². The van der Waals surface area contributed by atoms with Gasteiger partial charge in [-0.1, -0.05) is 0 Å². The topological polar surface area (TPSA) is 33.6 Å². The molecule has 22 heavy (non-hydrogen) atoms. The van der Waals surface area contributed by atoms with E-state index in [0.717, 1.165) is 18.6 Å². The molecule has 3 nitrogen and oxygen atoms in total. The van der Waals surface area contributed by atoms with Crippen LogP contribution in [-0.2, 0) is 17.3 Å². The number of nitrogens with one attached hydrogen (secondary N) is 1. The highest BCUT2D eigenvalue weighted by atomic mass is 19.4. The van der Waals surface area contributed by atoms with Crippen molar-refractivity contribution >= 4 is 11.4 Å². The van der Waals surface area contributed by atoms with Gasteiger partial charge in [-0.05, 0) is 50.1 Å². The molecule has 1 saturated heterocycles. The lowest BCUT2D eigenvalue weighted by Crippen LogP contribution is -2.54. The van der Waals surface area contributed by atoms with Crippen LogP contribution < -0.4 is 5.32 Å². The van der Waals surface area contributed by atoms with E-state index in [1.165, 1.54) is 6.07 Å². The SMILES string of the molecule is CNC1(C2=Nc3cc(C)cc(C(F)(F)F)c3C2)CCOCC1. The Bertz CT molecular complexity index is 617. The number of aryl methyl sites for hydroxylation is 1. The molecule has 0 radical (unpaired) electrons. The Labute approximate surface area is 127 Å². The van der Waals surface area contributed by atoms with Crippen LogP contribution in [0.4, 0.5) is 18.9 Å². The molecule has 0 atom stereocenters. The number of nitrogens with zero attached hydrogens (tertiary/aromatic N) is 1. The average molecular weight is 312 g/mol. The van der Waals surface area contributed by atoms with E-state index in [0.29, 0.717) is 30.0 Å². The van der Waals surface area contributed by atoms with Gasteiger partial charge in [0, 0.05) is 25.3 Å². The van der Waals surface area contributed by atoms with Crippen molar-refractivity contribution in [2.45, 2.75) is 37.9 Å². The summed E-state index contributed by atoms with van der Waals surface area (Å²) in [6.07, 6.45) is -2.62. The number of fused-ring (bicyclic) bond motifs is 1. The Hall–Kier alpha value is -1.40. The van der Waals surface area contributed by atoms with Gasteiger partial charge in [0.05, 0.1) is 16.8 Å². The number of hydrogen-bond donors (Lipinski definition) is 1. The summed E-state index contributed by atoms with van der Waals surface area (Å²) in [6.45, 7) is 2.87. The number of aliphatic imine (C=N–C) groups is 1. The maximum atomic E-state index is 13.3. The van der Waals surface area contributed by atoms with Crippen molar-refractivity contribution in [3.05, 3.63) is 28.8 Å². The van der Waals surface area contributed by atoms with Gasteiger partial charge in [-0.3, -0.25) is 4.99 Å². The van der Waals surface area contributed by atoms with Gasteiger partial charge >= 0.3 is 6.18 Å². The van der Waals surface area contributed by atoms with Crippen molar-refractivity contribution in [2.24, 2.45) is 4.99 Å². The summed E-state index contributed by atoms with van der Waals surface area (Å²) in [5.41, 5.74) is 1.23. The Morgan fingerprint density at radius 3 is 2.50 bits per heavy atom. The molecule has 0 saturated carbocycles. The van der Waals surface area contributed by atoms with Gasteiger partial charge in [0.15, 0.2) is 0 Å². The van der Waals surface area contributed by atoms with E-state index >= 15 is 0 Å². The summed E-state index contributed by atoms with van der Waals surface area (Å²) in [4.78, 5) is 4.55. The molecule has 2 aliphatic heterocycles. The van der Waals surface area contributed by atoms with Crippen molar-refractivity contribution in [3.63, 3.8) is 0 Å². The van der Waals surface area contributed by atoms with Crippen molar-refractivity contribution in [3.8, 4) is 0 Å². The van der Waals surface area contributed by atoms with Crippen molar-refractivity contribution < 1.29 is 17.9 Å². The minimum atomic E-state index is -4.34. The van der Waals surface area contributed by atoms with E-state index in [1.807, 2.05) is 7.05 Å². The number of hydrogen-bond acceptors (Lipinski definition) is 3. The van der Waals surface area contributed by atoms with Gasteiger partial charge in [-0.25, -0.2) is 0 Å². The molecule has 2 heterocycles. The predicted octanol–water partition coefficient (Wildman–Crippen LogP) is 3.41. The van der Waals surface area contributed by atoms with E-state index in [-0.39, 0.29) is 12.0 Å². The summed E-state index contributed by atoms with van der Waals surface area (Å²) in [5.74, 6) is 0. The normalized spacial score (nSPS) is 20.7. The van der Waals surface area contributed by atoms with Crippen LogP contribution in [0.2, 0.25) is 0 Å². The molecular formula is C16H19F3N2O. The van der Waals surface area contributed by atoms with Crippen LogP contribution in [0.1, 0.15) is 29.5 Å². The molecule has 6 heteroatoms. The zero-order valence-electron chi connectivity index (χ0n) is 12.7. The first-order valence-corrected chi connectivity index (χ1v) is 7.41. The van der Waals surface area contributed by atoms with E-state index < -0.39 is 11.7 Å². The zero-order chi connectivity index (χ0) is 16.0. The third kappa shape index (κ3) is 2.54. The number of ether oxygens (including phenoxy) is 1. The van der Waals surface area contributed by atoms with Crippen LogP contribution in [0.15, 0.2) is 17.1 Å². The van der Waals surface area contributed by atoms with Crippen LogP contribution in [-0.4, -0.2) is 31.5 Å². The molecule has 0 aromatic heterocycles. The average Bonchev–Trinajstić information content (AvgIpc) is 2.90. The fraction of sp³-hybridized carbons (Fsp3) is 0.562. The van der Waals surface area contributed by atoms with E-state index in [4.69, 9.17) is 4.74 Å². The molecule has 0 unspecified atom stereocenters. The molecule has 0 bridgehead atoms. The fourth-order valence-corrected chi connectivity index (χ4v) is 3.37. The maximum Gasteiger partial charge on any atom is 0.416 e. The van der Waals surface area contributed by atoms with Crippen LogP contribution >= 0.6 is 0 Å². The Balaban J connectivity index is 2.01. The maximum absolute atomic E-state index is 13.3. The fourth-order valence-electron chi connectivity index (χ4n) is 3.37. The summed E-state index contributed by atoms with van der Waals surface area (Å²) in [7, 11) is 1.84. The molecule has 0 amide bonds. The third-order valence-electron chi connectivity index (χ3n) is 4.65. The minimum absolute atomic E-state index is 0.255. The van der Waals surface area contributed by atoms with Crippen LogP contribution in [0.5, 0.6) is 0 Å². The minimum Gasteiger partial charge on any atom is -0.381 e. The lowest BCUT2D eigenvalue weighted by molar-refractivity contribution is -0.138. The molecular weight excluding hydrogens is 293 g/mol. The predicted molar refractivity (Wildman–Crippen MR) is 78.8 cm³/mol. The summed E-state index contributed by atoms with van der Waals surface area (Å²) < 4.78 is 45.2. The lowest BCUT2D eigenvalue weighted by atomic mass is 9.82. The summed E-state index contributed by atoms with van der Waals surface area (Å²) >= 11 is 0. The molecule has 0 spiro atoms. The van der Waals surface area contributed by atoms with Crippen LogP contribution in [0, 0.1) is 6.92 Å². The Morgan fingerprint density at radius 2 is 1.91 bits per heavy atom. The summed E-state index contributed by atoms with van der Waals surface area (Å²) in [6, 6.07) is 2.95. The number of rotatable bonds is 2. The third-order valence-corrected chi connectivity index (χ3v) is 4.65. The smallest absolute Gasteiger partial charge is 0.381 e. The monoisotopic (exact) mass is 312 g/mol. The highest BCUT2D eigenvalue weighted by Crippen LogP contribution is 2.42. The zero-order valence-corrected chi connectivity index (χ0v) is 12.7. The second kappa shape index (κ2) is 5.35. The molecule has 1 aromatic carbocycles. The van der Waals surface area contributed by atoms with Crippen LogP contribution in [0.25, 0.3) is 0 Å². The molecule has 1 aromatic rings. The van der Waals surface area contributed by atoms with E-state index in [1.54, 1.807) is 13.0 Å². The highest BCUT2D eigenvalue weighted by molar-refractivity contribution is 6.01. The molecule has 2 aliphatic rings. The Morgan fingerprint density at radius 1 is 1.23 bits per heavy atom. The standard InChI is InChI=1S/C16H19F3N2O/c1-10-7-12(16(17,18)19)11-9-14(21-13(11)8-10)15(20-2)3-5-22-6-4-15/h7-8,20H,3-6,9H2,1-2H3. The first kappa shape index (κ1) is 15.5.